The molecule has 1 heterocycles. The molecule has 1 atom stereocenters. The molecular weight excluding hydrogens is 184 g/mol. The maximum Gasteiger partial charge on any atom is 0.0589 e. The van der Waals surface area contributed by atoms with Crippen molar-refractivity contribution in [3.63, 3.8) is 0 Å². The number of likely N-dealkylation sites (N-methyl/N-ethyl adjacent to an activating group) is 1. The van der Waals surface area contributed by atoms with E-state index in [1.165, 1.54) is 11.5 Å². The summed E-state index contributed by atoms with van der Waals surface area (Å²) in [6, 6.07) is 0.667. The lowest BCUT2D eigenvalue weighted by molar-refractivity contribution is 0.157. The predicted octanol–water partition coefficient (Wildman–Crippen LogP) is 0.270. The lowest BCUT2D eigenvalue weighted by Gasteiger charge is -2.27. The van der Waals surface area contributed by atoms with Crippen LogP contribution in [0.1, 0.15) is 0 Å². The Kier molecular flexibility index (Phi) is 5.78. The molecule has 1 aliphatic heterocycles. The number of ether oxygens (including phenoxy) is 1. The van der Waals surface area contributed by atoms with Crippen LogP contribution in [0.5, 0.6) is 0 Å². The van der Waals surface area contributed by atoms with Crippen LogP contribution in [-0.2, 0) is 4.74 Å². The second-order valence-electron chi connectivity index (χ2n) is 3.48. The van der Waals surface area contributed by atoms with E-state index >= 15 is 0 Å². The number of nitrogens with one attached hydrogen (secondary N) is 1. The third-order valence-electron chi connectivity index (χ3n) is 2.21. The molecule has 0 bridgehead atoms. The molecule has 1 aliphatic rings. The molecule has 1 fully saturated rings. The summed E-state index contributed by atoms with van der Waals surface area (Å²) < 4.78 is 5.03. The van der Waals surface area contributed by atoms with Crippen molar-refractivity contribution in [2.45, 2.75) is 6.04 Å². The average Bonchev–Trinajstić information content (AvgIpc) is 2.16. The number of thioether (sulfide) groups is 1. The molecule has 3 nitrogen and oxygen atoms in total. The molecule has 0 aliphatic carbocycles. The van der Waals surface area contributed by atoms with Gasteiger partial charge in [-0.05, 0) is 7.05 Å². The minimum atomic E-state index is 0.667. The Hall–Kier alpha value is 0.230. The van der Waals surface area contributed by atoms with Crippen molar-refractivity contribution in [1.82, 2.24) is 10.2 Å². The molecule has 1 rings (SSSR count). The molecule has 0 aromatic carbocycles. The van der Waals surface area contributed by atoms with Gasteiger partial charge in [0.2, 0.25) is 0 Å². The Morgan fingerprint density at radius 2 is 2.46 bits per heavy atom. The summed E-state index contributed by atoms with van der Waals surface area (Å²) in [6.45, 7) is 4.15. The summed E-state index contributed by atoms with van der Waals surface area (Å²) >= 11 is 2.05. The fourth-order valence-electron chi connectivity index (χ4n) is 1.45. The smallest absolute Gasteiger partial charge is 0.0589 e. The molecule has 13 heavy (non-hydrogen) atoms. The molecular formula is C9H20N2OS. The molecule has 0 aromatic rings. The molecule has 0 spiro atoms. The van der Waals surface area contributed by atoms with E-state index in [0.29, 0.717) is 6.04 Å². The number of rotatable bonds is 5. The Balaban J connectivity index is 2.07. The van der Waals surface area contributed by atoms with E-state index in [4.69, 9.17) is 4.74 Å². The summed E-state index contributed by atoms with van der Waals surface area (Å²) in [7, 11) is 3.91. The fraction of sp³-hybridized carbons (Fsp3) is 1.00. The maximum absolute atomic E-state index is 5.03. The van der Waals surface area contributed by atoms with E-state index < -0.39 is 0 Å². The zero-order valence-electron chi connectivity index (χ0n) is 8.58. The maximum atomic E-state index is 5.03. The highest BCUT2D eigenvalue weighted by Gasteiger charge is 2.14. The second-order valence-corrected chi connectivity index (χ2v) is 4.63. The summed E-state index contributed by atoms with van der Waals surface area (Å²) in [6.07, 6.45) is 0. The first kappa shape index (κ1) is 11.3. The molecule has 1 N–H and O–H groups in total. The van der Waals surface area contributed by atoms with Gasteiger partial charge in [0.05, 0.1) is 6.61 Å². The van der Waals surface area contributed by atoms with Crippen LogP contribution in [0.2, 0.25) is 0 Å². The van der Waals surface area contributed by atoms with Gasteiger partial charge < -0.3 is 15.0 Å². The largest absolute Gasteiger partial charge is 0.383 e. The molecule has 1 unspecified atom stereocenters. The third kappa shape index (κ3) is 4.86. The fourth-order valence-corrected chi connectivity index (χ4v) is 2.39. The molecule has 4 heteroatoms. The molecule has 0 saturated carbocycles. The summed E-state index contributed by atoms with van der Waals surface area (Å²) in [5.41, 5.74) is 0. The van der Waals surface area contributed by atoms with Gasteiger partial charge in [-0.3, -0.25) is 0 Å². The minimum absolute atomic E-state index is 0.667. The first-order chi connectivity index (χ1) is 6.33. The Bertz CT molecular complexity index is 129. The van der Waals surface area contributed by atoms with Crippen molar-refractivity contribution in [3.8, 4) is 0 Å². The Morgan fingerprint density at radius 3 is 3.08 bits per heavy atom. The topological polar surface area (TPSA) is 24.5 Å². The number of hydrogen-bond acceptors (Lipinski definition) is 4. The Labute approximate surface area is 85.2 Å². The van der Waals surface area contributed by atoms with Crippen molar-refractivity contribution in [3.05, 3.63) is 0 Å². The second kappa shape index (κ2) is 6.65. The molecule has 1 saturated heterocycles. The zero-order valence-corrected chi connectivity index (χ0v) is 9.40. The highest BCUT2D eigenvalue weighted by molar-refractivity contribution is 7.99. The van der Waals surface area contributed by atoms with Crippen LogP contribution in [0, 0.1) is 0 Å². The lowest BCUT2D eigenvalue weighted by atomic mass is 10.3. The Morgan fingerprint density at radius 1 is 1.62 bits per heavy atom. The van der Waals surface area contributed by atoms with Crippen LogP contribution in [0.25, 0.3) is 0 Å². The van der Waals surface area contributed by atoms with Gasteiger partial charge in [0.15, 0.2) is 0 Å². The van der Waals surface area contributed by atoms with Gasteiger partial charge in [-0.25, -0.2) is 0 Å². The summed E-state index contributed by atoms with van der Waals surface area (Å²) in [4.78, 5) is 2.33. The highest BCUT2D eigenvalue weighted by atomic mass is 32.2. The van der Waals surface area contributed by atoms with Crippen LogP contribution in [0.15, 0.2) is 0 Å². The highest BCUT2D eigenvalue weighted by Crippen LogP contribution is 2.07. The van der Waals surface area contributed by atoms with Crippen molar-refractivity contribution >= 4 is 11.8 Å². The van der Waals surface area contributed by atoms with Crippen molar-refractivity contribution < 1.29 is 4.74 Å². The summed E-state index contributed by atoms with van der Waals surface area (Å²) in [5, 5.41) is 3.52. The van der Waals surface area contributed by atoms with Crippen LogP contribution in [0.4, 0.5) is 0 Å². The average molecular weight is 204 g/mol. The first-order valence-corrected chi connectivity index (χ1v) is 5.97. The van der Waals surface area contributed by atoms with Gasteiger partial charge in [0.25, 0.3) is 0 Å². The van der Waals surface area contributed by atoms with Crippen molar-refractivity contribution in [2.24, 2.45) is 0 Å². The van der Waals surface area contributed by atoms with E-state index in [9.17, 15) is 0 Å². The number of nitrogens with zero attached hydrogens (tertiary/aromatic N) is 1. The van der Waals surface area contributed by atoms with Gasteiger partial charge in [0.1, 0.15) is 0 Å². The van der Waals surface area contributed by atoms with E-state index in [1.54, 1.807) is 7.11 Å². The van der Waals surface area contributed by atoms with Gasteiger partial charge >= 0.3 is 0 Å². The summed E-state index contributed by atoms with van der Waals surface area (Å²) in [5.74, 6) is 2.51. The predicted molar refractivity (Wildman–Crippen MR) is 58.5 cm³/mol. The van der Waals surface area contributed by atoms with E-state index in [-0.39, 0.29) is 0 Å². The monoisotopic (exact) mass is 204 g/mol. The number of hydrogen-bond donors (Lipinski definition) is 1. The van der Waals surface area contributed by atoms with Crippen LogP contribution in [0.3, 0.4) is 0 Å². The van der Waals surface area contributed by atoms with Crippen LogP contribution < -0.4 is 5.32 Å². The zero-order chi connectivity index (χ0) is 9.52. The SMILES string of the molecule is COCCN(C)CC1CSCCN1. The van der Waals surface area contributed by atoms with Crippen LogP contribution in [-0.4, -0.2) is 62.8 Å². The molecule has 0 aromatic heterocycles. The van der Waals surface area contributed by atoms with Gasteiger partial charge in [-0.1, -0.05) is 0 Å². The molecule has 78 valence electrons. The van der Waals surface area contributed by atoms with E-state index in [2.05, 4.69) is 17.3 Å². The van der Waals surface area contributed by atoms with Crippen LogP contribution >= 0.6 is 11.8 Å². The lowest BCUT2D eigenvalue weighted by Crippen LogP contribution is -2.45. The van der Waals surface area contributed by atoms with Gasteiger partial charge in [-0.15, -0.1) is 0 Å². The van der Waals surface area contributed by atoms with Gasteiger partial charge in [-0.2, -0.15) is 11.8 Å². The minimum Gasteiger partial charge on any atom is -0.383 e. The normalized spacial score (nSPS) is 23.8. The molecule has 0 amide bonds. The molecule has 0 radical (unpaired) electrons. The van der Waals surface area contributed by atoms with E-state index in [1.807, 2.05) is 11.8 Å². The standard InChI is InChI=1S/C9H20N2OS/c1-11(4-5-12-2)7-9-8-13-6-3-10-9/h9-10H,3-8H2,1-2H3. The quantitative estimate of drug-likeness (QED) is 0.695. The van der Waals surface area contributed by atoms with Gasteiger partial charge in [0, 0.05) is 44.3 Å². The number of methoxy groups -OCH3 is 1. The van der Waals surface area contributed by atoms with Crippen molar-refractivity contribution in [1.29, 1.82) is 0 Å². The first-order valence-electron chi connectivity index (χ1n) is 4.81. The van der Waals surface area contributed by atoms with E-state index in [0.717, 1.165) is 26.2 Å². The van der Waals surface area contributed by atoms with Crippen molar-refractivity contribution in [2.75, 3.05) is 51.9 Å². The third-order valence-corrected chi connectivity index (χ3v) is 3.34.